The topological polar surface area (TPSA) is 134 Å². The van der Waals surface area contributed by atoms with E-state index in [-0.39, 0.29) is 11.3 Å². The normalized spacial score (nSPS) is 16.3. The van der Waals surface area contributed by atoms with Crippen LogP contribution in [-0.2, 0) is 5.41 Å². The van der Waals surface area contributed by atoms with Crippen LogP contribution in [0.1, 0.15) is 68.3 Å². The number of amides is 1. The Hall–Kier alpha value is -4.45. The molecular formula is C30H36FN9O2. The lowest BCUT2D eigenvalue weighted by Crippen LogP contribution is -2.49. The molecule has 220 valence electrons. The maximum absolute atomic E-state index is 15.7. The molecule has 1 saturated heterocycles. The fourth-order valence-corrected chi connectivity index (χ4v) is 4.88. The van der Waals surface area contributed by atoms with Crippen LogP contribution in [0, 0.1) is 12.7 Å². The van der Waals surface area contributed by atoms with E-state index in [9.17, 15) is 4.79 Å². The summed E-state index contributed by atoms with van der Waals surface area (Å²) in [4.78, 5) is 32.4. The summed E-state index contributed by atoms with van der Waals surface area (Å²) in [5.41, 5.74) is 2.47. The van der Waals surface area contributed by atoms with Crippen molar-refractivity contribution < 1.29 is 13.7 Å². The highest BCUT2D eigenvalue weighted by Crippen LogP contribution is 2.30. The van der Waals surface area contributed by atoms with E-state index in [1.54, 1.807) is 32.0 Å². The molecule has 1 aromatic carbocycles. The second kappa shape index (κ2) is 11.8. The Bertz CT molecular complexity index is 1570. The number of pyridine rings is 1. The average molecular weight is 574 g/mol. The molecule has 1 fully saturated rings. The third kappa shape index (κ3) is 6.23. The zero-order valence-electron chi connectivity index (χ0n) is 24.7. The van der Waals surface area contributed by atoms with Gasteiger partial charge in [0.25, 0.3) is 0 Å². The first-order chi connectivity index (χ1) is 20.0. The SMILES string of the molecule is Cc1c([C@@H](C)NC(=O)c2nc(C(C)(C)C)no2)ccc(-c2cc(Nc3ccc(N4CCNC[C@@H]4C)cn3)ncn2)c1F. The summed E-state index contributed by atoms with van der Waals surface area (Å²) in [6, 6.07) is 8.92. The smallest absolute Gasteiger partial charge is 0.315 e. The van der Waals surface area contributed by atoms with Crippen molar-refractivity contribution in [1.29, 1.82) is 0 Å². The molecule has 0 spiro atoms. The van der Waals surface area contributed by atoms with E-state index >= 15 is 4.39 Å². The van der Waals surface area contributed by atoms with Crippen LogP contribution in [0.5, 0.6) is 0 Å². The number of piperazine rings is 1. The summed E-state index contributed by atoms with van der Waals surface area (Å²) in [6.45, 7) is 14.2. The van der Waals surface area contributed by atoms with Gasteiger partial charge in [-0.1, -0.05) is 32.0 Å². The Morgan fingerprint density at radius 1 is 1.17 bits per heavy atom. The van der Waals surface area contributed by atoms with Crippen LogP contribution in [0.2, 0.25) is 0 Å². The summed E-state index contributed by atoms with van der Waals surface area (Å²) in [6.07, 6.45) is 3.23. The summed E-state index contributed by atoms with van der Waals surface area (Å²) < 4.78 is 20.8. The van der Waals surface area contributed by atoms with Crippen LogP contribution in [0.4, 0.5) is 21.7 Å². The van der Waals surface area contributed by atoms with Gasteiger partial charge in [-0.15, -0.1) is 0 Å². The van der Waals surface area contributed by atoms with Gasteiger partial charge in [0, 0.05) is 42.7 Å². The minimum absolute atomic E-state index is 0.134. The minimum Gasteiger partial charge on any atom is -0.365 e. The Kier molecular flexibility index (Phi) is 8.17. The second-order valence-electron chi connectivity index (χ2n) is 11.6. The maximum atomic E-state index is 15.7. The molecule has 0 unspecified atom stereocenters. The number of anilines is 3. The zero-order chi connectivity index (χ0) is 30.0. The average Bonchev–Trinajstić information content (AvgIpc) is 3.47. The zero-order valence-corrected chi connectivity index (χ0v) is 24.7. The molecule has 3 N–H and O–H groups in total. The predicted octanol–water partition coefficient (Wildman–Crippen LogP) is 4.70. The highest BCUT2D eigenvalue weighted by atomic mass is 19.1. The Morgan fingerprint density at radius 2 is 1.98 bits per heavy atom. The quantitative estimate of drug-likeness (QED) is 0.286. The molecule has 4 aromatic rings. The molecule has 0 bridgehead atoms. The van der Waals surface area contributed by atoms with Crippen LogP contribution in [0.15, 0.2) is 47.4 Å². The molecule has 0 saturated carbocycles. The van der Waals surface area contributed by atoms with E-state index in [2.05, 4.69) is 52.9 Å². The van der Waals surface area contributed by atoms with Crippen LogP contribution in [0.3, 0.4) is 0 Å². The molecule has 4 heterocycles. The number of hydrogen-bond donors (Lipinski definition) is 3. The first kappa shape index (κ1) is 29.1. The van der Waals surface area contributed by atoms with Crippen LogP contribution >= 0.6 is 0 Å². The number of benzene rings is 1. The monoisotopic (exact) mass is 573 g/mol. The van der Waals surface area contributed by atoms with Gasteiger partial charge in [0.05, 0.1) is 23.6 Å². The number of nitrogens with zero attached hydrogens (tertiary/aromatic N) is 6. The van der Waals surface area contributed by atoms with Gasteiger partial charge in [0.1, 0.15) is 23.8 Å². The Morgan fingerprint density at radius 3 is 2.67 bits per heavy atom. The first-order valence-electron chi connectivity index (χ1n) is 14.0. The van der Waals surface area contributed by atoms with Gasteiger partial charge in [-0.3, -0.25) is 4.79 Å². The van der Waals surface area contributed by atoms with Crippen molar-refractivity contribution in [3.63, 3.8) is 0 Å². The van der Waals surface area contributed by atoms with Crippen molar-refractivity contribution in [1.82, 2.24) is 35.7 Å². The summed E-state index contributed by atoms with van der Waals surface area (Å²) in [5.74, 6) is 0.460. The summed E-state index contributed by atoms with van der Waals surface area (Å²) in [5, 5.41) is 13.3. The lowest BCUT2D eigenvalue weighted by atomic mass is 9.96. The summed E-state index contributed by atoms with van der Waals surface area (Å²) >= 11 is 0. The highest BCUT2D eigenvalue weighted by Gasteiger charge is 2.26. The first-order valence-corrected chi connectivity index (χ1v) is 14.0. The second-order valence-corrected chi connectivity index (χ2v) is 11.6. The number of carbonyl (C=O) groups is 1. The Labute approximate surface area is 244 Å². The van der Waals surface area contributed by atoms with Crippen molar-refractivity contribution in [2.24, 2.45) is 0 Å². The van der Waals surface area contributed by atoms with Crippen molar-refractivity contribution in [2.75, 3.05) is 29.9 Å². The van der Waals surface area contributed by atoms with Gasteiger partial charge >= 0.3 is 11.8 Å². The number of rotatable bonds is 7. The number of nitrogens with one attached hydrogen (secondary N) is 3. The molecule has 1 aliphatic heterocycles. The fourth-order valence-electron chi connectivity index (χ4n) is 4.88. The summed E-state index contributed by atoms with van der Waals surface area (Å²) in [7, 11) is 0. The Balaban J connectivity index is 1.29. The number of hydrogen-bond acceptors (Lipinski definition) is 10. The van der Waals surface area contributed by atoms with Crippen molar-refractivity contribution in [2.45, 2.75) is 59.0 Å². The fraction of sp³-hybridized carbons (Fsp3) is 0.400. The van der Waals surface area contributed by atoms with Gasteiger partial charge in [-0.05, 0) is 50.1 Å². The van der Waals surface area contributed by atoms with Gasteiger partial charge < -0.3 is 25.4 Å². The highest BCUT2D eigenvalue weighted by molar-refractivity contribution is 5.89. The van der Waals surface area contributed by atoms with Crippen LogP contribution in [0.25, 0.3) is 11.3 Å². The molecule has 12 heteroatoms. The molecule has 1 aliphatic rings. The van der Waals surface area contributed by atoms with E-state index in [1.807, 2.05) is 39.1 Å². The van der Waals surface area contributed by atoms with Gasteiger partial charge in [0.2, 0.25) is 0 Å². The van der Waals surface area contributed by atoms with E-state index < -0.39 is 17.8 Å². The minimum atomic E-state index is -0.523. The number of aromatic nitrogens is 5. The lowest BCUT2D eigenvalue weighted by molar-refractivity contribution is 0.0895. The van der Waals surface area contributed by atoms with Crippen molar-refractivity contribution >= 4 is 23.2 Å². The van der Waals surface area contributed by atoms with Gasteiger partial charge in [0.15, 0.2) is 5.82 Å². The predicted molar refractivity (Wildman–Crippen MR) is 158 cm³/mol. The van der Waals surface area contributed by atoms with E-state index in [1.165, 1.54) is 6.33 Å². The maximum Gasteiger partial charge on any atom is 0.315 e. The lowest BCUT2D eigenvalue weighted by Gasteiger charge is -2.35. The molecule has 42 heavy (non-hydrogen) atoms. The third-order valence-corrected chi connectivity index (χ3v) is 7.31. The number of halogens is 1. The molecule has 0 aliphatic carbocycles. The van der Waals surface area contributed by atoms with E-state index in [0.717, 1.165) is 25.3 Å². The molecular weight excluding hydrogens is 537 g/mol. The van der Waals surface area contributed by atoms with E-state index in [0.29, 0.717) is 45.9 Å². The molecule has 2 atom stereocenters. The molecule has 1 amide bonds. The standard InChI is InChI=1S/C30H36FN9O2/c1-17-14-32-11-12-40(17)20-7-10-24(33-15-20)37-25-13-23(34-16-35-25)22-9-8-21(18(2)26(22)31)19(3)36-27(41)28-38-29(39-42-28)30(4,5)6/h7-10,13,15-17,19,32H,11-12,14H2,1-6H3,(H,36,41)(H,33,34,35,37)/t17-,19+/m0/s1. The van der Waals surface area contributed by atoms with Gasteiger partial charge in [-0.25, -0.2) is 19.3 Å². The van der Waals surface area contributed by atoms with Crippen LogP contribution in [-0.4, -0.2) is 56.7 Å². The van der Waals surface area contributed by atoms with Crippen LogP contribution < -0.4 is 20.9 Å². The van der Waals surface area contributed by atoms with Crippen molar-refractivity contribution in [3.8, 4) is 11.3 Å². The number of carbonyl (C=O) groups excluding carboxylic acids is 1. The molecule has 11 nitrogen and oxygen atoms in total. The largest absolute Gasteiger partial charge is 0.365 e. The van der Waals surface area contributed by atoms with E-state index in [4.69, 9.17) is 4.52 Å². The van der Waals surface area contributed by atoms with Crippen molar-refractivity contribution in [3.05, 3.63) is 71.5 Å². The molecule has 0 radical (unpaired) electrons. The molecule has 5 rings (SSSR count). The molecule has 3 aromatic heterocycles. The third-order valence-electron chi connectivity index (χ3n) is 7.31. The van der Waals surface area contributed by atoms with Gasteiger partial charge in [-0.2, -0.15) is 4.98 Å².